The molecule has 3 rings (SSSR count). The summed E-state index contributed by atoms with van der Waals surface area (Å²) in [6, 6.07) is 4.59. The van der Waals surface area contributed by atoms with Crippen LogP contribution in [0.25, 0.3) is 0 Å². The molecule has 1 saturated heterocycles. The quantitative estimate of drug-likeness (QED) is 0.871. The molecule has 0 aliphatic carbocycles. The Kier molecular flexibility index (Phi) is 3.76. The van der Waals surface area contributed by atoms with Gasteiger partial charge in [-0.25, -0.2) is 0 Å². The molecule has 5 heteroatoms. The van der Waals surface area contributed by atoms with Crippen molar-refractivity contribution in [2.45, 2.75) is 32.4 Å². The van der Waals surface area contributed by atoms with Gasteiger partial charge in [0, 0.05) is 32.0 Å². The zero-order valence-corrected chi connectivity index (χ0v) is 12.6. The third-order valence-corrected chi connectivity index (χ3v) is 4.60. The zero-order chi connectivity index (χ0) is 14.1. The van der Waals surface area contributed by atoms with E-state index in [0.717, 1.165) is 29.5 Å². The maximum absolute atomic E-state index is 6.36. The second-order valence-corrected chi connectivity index (χ2v) is 5.76. The van der Waals surface area contributed by atoms with Gasteiger partial charge in [-0.3, -0.25) is 14.6 Å². The lowest BCUT2D eigenvalue weighted by molar-refractivity contribution is 0.244. The van der Waals surface area contributed by atoms with Crippen molar-refractivity contribution >= 4 is 11.6 Å². The highest BCUT2D eigenvalue weighted by atomic mass is 35.5. The lowest BCUT2D eigenvalue weighted by atomic mass is 10.1. The summed E-state index contributed by atoms with van der Waals surface area (Å²) in [6.07, 6.45) is 6.17. The Balaban J connectivity index is 1.81. The molecular formula is C15H19ClN4. The van der Waals surface area contributed by atoms with Gasteiger partial charge in [-0.2, -0.15) is 5.10 Å². The van der Waals surface area contributed by atoms with Gasteiger partial charge in [0.2, 0.25) is 0 Å². The smallest absolute Gasteiger partial charge is 0.0953 e. The van der Waals surface area contributed by atoms with Crippen LogP contribution in [0.3, 0.4) is 0 Å². The van der Waals surface area contributed by atoms with Gasteiger partial charge in [-0.05, 0) is 37.9 Å². The summed E-state index contributed by atoms with van der Waals surface area (Å²) in [5, 5.41) is 5.32. The Morgan fingerprint density at radius 3 is 2.95 bits per heavy atom. The Morgan fingerprint density at radius 2 is 2.30 bits per heavy atom. The van der Waals surface area contributed by atoms with Crippen molar-refractivity contribution in [1.82, 2.24) is 19.7 Å². The lowest BCUT2D eigenvalue weighted by Gasteiger charge is -2.23. The number of rotatable bonds is 3. The van der Waals surface area contributed by atoms with E-state index in [1.165, 1.54) is 18.4 Å². The van der Waals surface area contributed by atoms with Crippen molar-refractivity contribution in [3.63, 3.8) is 0 Å². The van der Waals surface area contributed by atoms with E-state index >= 15 is 0 Å². The highest BCUT2D eigenvalue weighted by Crippen LogP contribution is 2.33. The second-order valence-electron chi connectivity index (χ2n) is 5.38. The van der Waals surface area contributed by atoms with E-state index < -0.39 is 0 Å². The van der Waals surface area contributed by atoms with E-state index in [-0.39, 0.29) is 0 Å². The van der Waals surface area contributed by atoms with Crippen LogP contribution in [0.5, 0.6) is 0 Å². The monoisotopic (exact) mass is 290 g/mol. The second kappa shape index (κ2) is 5.54. The highest BCUT2D eigenvalue weighted by molar-refractivity contribution is 6.31. The molecule has 2 aromatic rings. The largest absolute Gasteiger partial charge is 0.290 e. The van der Waals surface area contributed by atoms with Crippen molar-refractivity contribution in [2.24, 2.45) is 7.05 Å². The molecule has 106 valence electrons. The molecule has 1 atom stereocenters. The molecule has 4 nitrogen and oxygen atoms in total. The van der Waals surface area contributed by atoms with E-state index in [0.29, 0.717) is 6.04 Å². The van der Waals surface area contributed by atoms with E-state index in [1.54, 1.807) is 0 Å². The summed E-state index contributed by atoms with van der Waals surface area (Å²) in [6.45, 7) is 3.90. The van der Waals surface area contributed by atoms with Crippen LogP contribution in [-0.4, -0.2) is 26.2 Å². The molecule has 0 N–H and O–H groups in total. The third-order valence-electron chi connectivity index (χ3n) is 4.11. The van der Waals surface area contributed by atoms with Gasteiger partial charge in [-0.15, -0.1) is 0 Å². The van der Waals surface area contributed by atoms with Gasteiger partial charge in [0.05, 0.1) is 16.4 Å². The van der Waals surface area contributed by atoms with E-state index in [9.17, 15) is 0 Å². The van der Waals surface area contributed by atoms with Gasteiger partial charge in [-0.1, -0.05) is 17.7 Å². The maximum Gasteiger partial charge on any atom is 0.0953 e. The minimum Gasteiger partial charge on any atom is -0.290 e. The number of aryl methyl sites for hydroxylation is 1. The van der Waals surface area contributed by atoms with Crippen molar-refractivity contribution in [2.75, 3.05) is 6.54 Å². The number of nitrogens with zero attached hydrogens (tertiary/aromatic N) is 4. The van der Waals surface area contributed by atoms with E-state index in [1.807, 2.05) is 37.1 Å². The first-order chi connectivity index (χ1) is 9.66. The number of aromatic nitrogens is 3. The number of halogens is 1. The third kappa shape index (κ3) is 2.45. The molecule has 3 heterocycles. The van der Waals surface area contributed by atoms with E-state index in [4.69, 9.17) is 11.6 Å². The summed E-state index contributed by atoms with van der Waals surface area (Å²) < 4.78 is 1.85. The van der Waals surface area contributed by atoms with Crippen LogP contribution in [0.2, 0.25) is 5.02 Å². The minimum absolute atomic E-state index is 0.432. The van der Waals surface area contributed by atoms with Crippen molar-refractivity contribution in [3.8, 4) is 0 Å². The fourth-order valence-corrected chi connectivity index (χ4v) is 3.13. The molecule has 0 spiro atoms. The molecule has 0 radical (unpaired) electrons. The molecule has 0 aromatic carbocycles. The SMILES string of the molecule is Cc1c(Cl)c(CN2CCCC2c2cccnc2)nn1C. The first-order valence-electron chi connectivity index (χ1n) is 6.98. The summed E-state index contributed by atoms with van der Waals surface area (Å²) in [4.78, 5) is 6.68. The molecule has 0 amide bonds. The highest BCUT2D eigenvalue weighted by Gasteiger charge is 2.27. The Labute approximate surface area is 124 Å². The molecule has 1 fully saturated rings. The van der Waals surface area contributed by atoms with Crippen LogP contribution in [0, 0.1) is 6.92 Å². The van der Waals surface area contributed by atoms with Crippen LogP contribution < -0.4 is 0 Å². The predicted molar refractivity (Wildman–Crippen MR) is 79.6 cm³/mol. The average molecular weight is 291 g/mol. The topological polar surface area (TPSA) is 34.0 Å². The molecule has 1 unspecified atom stereocenters. The molecule has 0 saturated carbocycles. The van der Waals surface area contributed by atoms with Crippen LogP contribution in [-0.2, 0) is 13.6 Å². The number of likely N-dealkylation sites (tertiary alicyclic amines) is 1. The number of hydrogen-bond donors (Lipinski definition) is 0. The molecule has 1 aliphatic rings. The van der Waals surface area contributed by atoms with Crippen molar-refractivity contribution in [3.05, 3.63) is 46.5 Å². The molecule has 20 heavy (non-hydrogen) atoms. The Hall–Kier alpha value is -1.39. The molecule has 2 aromatic heterocycles. The fourth-order valence-electron chi connectivity index (χ4n) is 2.91. The normalized spacial score (nSPS) is 19.6. The molecular weight excluding hydrogens is 272 g/mol. The summed E-state index contributed by atoms with van der Waals surface area (Å²) in [5.74, 6) is 0. The first kappa shape index (κ1) is 13.6. The van der Waals surface area contributed by atoms with Gasteiger partial charge >= 0.3 is 0 Å². The average Bonchev–Trinajstić information content (AvgIpc) is 3.02. The zero-order valence-electron chi connectivity index (χ0n) is 11.9. The molecule has 0 bridgehead atoms. The van der Waals surface area contributed by atoms with E-state index in [2.05, 4.69) is 21.0 Å². The fraction of sp³-hybridized carbons (Fsp3) is 0.467. The van der Waals surface area contributed by atoms with Crippen molar-refractivity contribution in [1.29, 1.82) is 0 Å². The van der Waals surface area contributed by atoms with Gasteiger partial charge in [0.1, 0.15) is 0 Å². The van der Waals surface area contributed by atoms with Crippen LogP contribution in [0.15, 0.2) is 24.5 Å². The number of pyridine rings is 1. The van der Waals surface area contributed by atoms with Gasteiger partial charge < -0.3 is 0 Å². The van der Waals surface area contributed by atoms with Gasteiger partial charge in [0.25, 0.3) is 0 Å². The Bertz CT molecular complexity index is 593. The van der Waals surface area contributed by atoms with Crippen LogP contribution in [0.4, 0.5) is 0 Å². The lowest BCUT2D eigenvalue weighted by Crippen LogP contribution is -2.23. The Morgan fingerprint density at radius 1 is 1.45 bits per heavy atom. The summed E-state index contributed by atoms with van der Waals surface area (Å²) in [7, 11) is 1.94. The van der Waals surface area contributed by atoms with Crippen LogP contribution in [0.1, 0.15) is 35.8 Å². The van der Waals surface area contributed by atoms with Crippen molar-refractivity contribution < 1.29 is 0 Å². The minimum atomic E-state index is 0.432. The maximum atomic E-state index is 6.36. The first-order valence-corrected chi connectivity index (χ1v) is 7.36. The summed E-state index contributed by atoms with van der Waals surface area (Å²) in [5.41, 5.74) is 3.29. The summed E-state index contributed by atoms with van der Waals surface area (Å²) >= 11 is 6.36. The molecule has 1 aliphatic heterocycles. The standard InChI is InChI=1S/C15H19ClN4/c1-11-15(16)13(18-19(11)2)10-20-8-4-6-14(20)12-5-3-7-17-9-12/h3,5,7,9,14H,4,6,8,10H2,1-2H3. The predicted octanol–water partition coefficient (Wildman–Crippen LogP) is 3.11. The number of hydrogen-bond acceptors (Lipinski definition) is 3. The van der Waals surface area contributed by atoms with Crippen LogP contribution >= 0.6 is 11.6 Å². The van der Waals surface area contributed by atoms with Gasteiger partial charge in [0.15, 0.2) is 0 Å².